The topological polar surface area (TPSA) is 86.2 Å². The van der Waals surface area contributed by atoms with Crippen LogP contribution in [-0.4, -0.2) is 11.8 Å². The Kier molecular flexibility index (Phi) is 4.80. The Hall–Kier alpha value is -3.47. The number of hydrogen-bond donors (Lipinski definition) is 2. The van der Waals surface area contributed by atoms with Crippen molar-refractivity contribution in [1.82, 2.24) is 0 Å². The Labute approximate surface area is 150 Å². The maximum absolute atomic E-state index is 14.3. The van der Waals surface area contributed by atoms with Gasteiger partial charge in [-0.15, -0.1) is 0 Å². The lowest BCUT2D eigenvalue weighted by Crippen LogP contribution is -2.18. The molecule has 0 aliphatic carbocycles. The largest absolute Gasteiger partial charge is 0.366 e. The first-order chi connectivity index (χ1) is 12.5. The van der Waals surface area contributed by atoms with Crippen LogP contribution >= 0.6 is 0 Å². The highest BCUT2D eigenvalue weighted by atomic mass is 19.1. The van der Waals surface area contributed by atoms with E-state index in [1.165, 1.54) is 30.3 Å². The van der Waals surface area contributed by atoms with Crippen LogP contribution in [0.5, 0.6) is 0 Å². The zero-order chi connectivity index (χ0) is 18.7. The lowest BCUT2D eigenvalue weighted by atomic mass is 9.91. The van der Waals surface area contributed by atoms with Crippen LogP contribution in [0.2, 0.25) is 0 Å². The van der Waals surface area contributed by atoms with Crippen molar-refractivity contribution >= 4 is 11.8 Å². The van der Waals surface area contributed by atoms with E-state index in [4.69, 9.17) is 11.5 Å². The van der Waals surface area contributed by atoms with E-state index in [0.717, 1.165) is 5.56 Å². The molecule has 130 valence electrons. The minimum atomic E-state index is -0.683. The van der Waals surface area contributed by atoms with Crippen molar-refractivity contribution in [3.8, 4) is 11.1 Å². The zero-order valence-corrected chi connectivity index (χ0v) is 13.9. The van der Waals surface area contributed by atoms with Gasteiger partial charge in [0.15, 0.2) is 0 Å². The molecule has 4 N–H and O–H groups in total. The predicted molar refractivity (Wildman–Crippen MR) is 98.1 cm³/mol. The average molecular weight is 348 g/mol. The highest BCUT2D eigenvalue weighted by molar-refractivity contribution is 6.08. The number of nitrogens with two attached hydrogens (primary N) is 2. The zero-order valence-electron chi connectivity index (χ0n) is 13.9. The molecule has 0 aromatic heterocycles. The van der Waals surface area contributed by atoms with Crippen molar-refractivity contribution in [3.05, 3.63) is 94.8 Å². The predicted octanol–water partition coefficient (Wildman–Crippen LogP) is 3.28. The molecule has 3 aromatic rings. The van der Waals surface area contributed by atoms with E-state index >= 15 is 0 Å². The molecule has 26 heavy (non-hydrogen) atoms. The molecule has 0 fully saturated rings. The van der Waals surface area contributed by atoms with Gasteiger partial charge in [0.2, 0.25) is 11.8 Å². The van der Waals surface area contributed by atoms with Crippen molar-refractivity contribution < 1.29 is 14.0 Å². The molecule has 5 heteroatoms. The lowest BCUT2D eigenvalue weighted by molar-refractivity contribution is 0.0999. The van der Waals surface area contributed by atoms with Gasteiger partial charge < -0.3 is 11.5 Å². The summed E-state index contributed by atoms with van der Waals surface area (Å²) in [7, 11) is 0. The molecule has 0 atom stereocenters. The molecule has 0 bridgehead atoms. The third-order valence-corrected chi connectivity index (χ3v) is 4.17. The van der Waals surface area contributed by atoms with Crippen LogP contribution in [0.1, 0.15) is 31.8 Å². The van der Waals surface area contributed by atoms with Gasteiger partial charge >= 0.3 is 0 Å². The van der Waals surface area contributed by atoms with Gasteiger partial charge in [-0.2, -0.15) is 0 Å². The molecule has 0 heterocycles. The molecule has 0 aliphatic rings. The van der Waals surface area contributed by atoms with Crippen LogP contribution < -0.4 is 11.5 Å². The molecule has 4 nitrogen and oxygen atoms in total. The molecule has 0 radical (unpaired) electrons. The summed E-state index contributed by atoms with van der Waals surface area (Å²) in [5.41, 5.74) is 13.5. The second kappa shape index (κ2) is 7.19. The summed E-state index contributed by atoms with van der Waals surface area (Å²) in [6, 6.07) is 18.5. The van der Waals surface area contributed by atoms with Gasteiger partial charge in [0, 0.05) is 23.1 Å². The molecule has 0 spiro atoms. The van der Waals surface area contributed by atoms with Gasteiger partial charge in [0.25, 0.3) is 0 Å². The second-order valence-electron chi connectivity index (χ2n) is 5.93. The average Bonchev–Trinajstić information content (AvgIpc) is 2.63. The molecular formula is C21H17FN2O2. The van der Waals surface area contributed by atoms with Gasteiger partial charge in [0.05, 0.1) is 0 Å². The van der Waals surface area contributed by atoms with Crippen LogP contribution in [0.25, 0.3) is 11.1 Å². The van der Waals surface area contributed by atoms with Gasteiger partial charge in [-0.25, -0.2) is 4.39 Å². The van der Waals surface area contributed by atoms with Crippen LogP contribution in [0.4, 0.5) is 4.39 Å². The molecule has 0 unspecified atom stereocenters. The minimum absolute atomic E-state index is 0.165. The fourth-order valence-corrected chi connectivity index (χ4v) is 2.96. The Bertz CT molecular complexity index is 952. The molecule has 0 aliphatic heterocycles. The first-order valence-corrected chi connectivity index (χ1v) is 8.02. The number of benzene rings is 3. The molecule has 3 aromatic carbocycles. The van der Waals surface area contributed by atoms with Gasteiger partial charge in [-0.05, 0) is 41.0 Å². The first kappa shape index (κ1) is 17.4. The summed E-state index contributed by atoms with van der Waals surface area (Å²) in [6.45, 7) is 0. The van der Waals surface area contributed by atoms with Gasteiger partial charge in [-0.1, -0.05) is 42.5 Å². The van der Waals surface area contributed by atoms with Crippen molar-refractivity contribution in [1.29, 1.82) is 0 Å². The molecular weight excluding hydrogens is 331 g/mol. The molecule has 3 rings (SSSR count). The Morgan fingerprint density at radius 1 is 0.808 bits per heavy atom. The Morgan fingerprint density at radius 3 is 2.00 bits per heavy atom. The Morgan fingerprint density at radius 2 is 1.42 bits per heavy atom. The number of amides is 2. The fraction of sp³-hybridized carbons (Fsp3) is 0.0476. The smallest absolute Gasteiger partial charge is 0.249 e. The first-order valence-electron chi connectivity index (χ1n) is 8.02. The van der Waals surface area contributed by atoms with Crippen molar-refractivity contribution in [2.45, 2.75) is 6.42 Å². The summed E-state index contributed by atoms with van der Waals surface area (Å²) in [5, 5.41) is 0. The van der Waals surface area contributed by atoms with Crippen molar-refractivity contribution in [3.63, 3.8) is 0 Å². The van der Waals surface area contributed by atoms with Gasteiger partial charge in [-0.3, -0.25) is 9.59 Å². The monoisotopic (exact) mass is 348 g/mol. The summed E-state index contributed by atoms with van der Waals surface area (Å²) in [4.78, 5) is 23.6. The highest BCUT2D eigenvalue weighted by Crippen LogP contribution is 2.30. The van der Waals surface area contributed by atoms with Crippen molar-refractivity contribution in [2.24, 2.45) is 11.5 Å². The van der Waals surface area contributed by atoms with Crippen LogP contribution in [-0.2, 0) is 6.42 Å². The van der Waals surface area contributed by atoms with Crippen LogP contribution in [0.15, 0.2) is 66.7 Å². The molecule has 2 amide bonds. The number of carbonyl (C=O) groups is 2. The van der Waals surface area contributed by atoms with E-state index in [-0.39, 0.29) is 16.9 Å². The number of primary amides is 2. The molecule has 0 saturated carbocycles. The summed E-state index contributed by atoms with van der Waals surface area (Å²) < 4.78 is 14.3. The number of halogens is 1. The summed E-state index contributed by atoms with van der Waals surface area (Å²) in [5.74, 6) is -1.73. The fourth-order valence-electron chi connectivity index (χ4n) is 2.96. The standard InChI is InChI=1S/C21H17FN2O2/c22-18-10-9-14(12-15(18)11-13-5-2-1-3-6-13)19-16(20(23)25)7-4-8-17(19)21(24)26/h1-10,12H,11H2,(H2,23,25)(H2,24,26). The molecule has 0 saturated heterocycles. The maximum atomic E-state index is 14.3. The third kappa shape index (κ3) is 3.47. The van der Waals surface area contributed by atoms with Crippen molar-refractivity contribution in [2.75, 3.05) is 0 Å². The third-order valence-electron chi connectivity index (χ3n) is 4.17. The van der Waals surface area contributed by atoms with Gasteiger partial charge in [0.1, 0.15) is 5.82 Å². The van der Waals surface area contributed by atoms with E-state index in [1.54, 1.807) is 6.07 Å². The summed E-state index contributed by atoms with van der Waals surface area (Å²) in [6.07, 6.45) is 0.380. The number of rotatable bonds is 5. The maximum Gasteiger partial charge on any atom is 0.249 e. The second-order valence-corrected chi connectivity index (χ2v) is 5.93. The van der Waals surface area contributed by atoms with E-state index in [1.807, 2.05) is 30.3 Å². The van der Waals surface area contributed by atoms with E-state index < -0.39 is 11.8 Å². The van der Waals surface area contributed by atoms with E-state index in [9.17, 15) is 14.0 Å². The Balaban J connectivity index is 2.15. The lowest BCUT2D eigenvalue weighted by Gasteiger charge is -2.13. The highest BCUT2D eigenvalue weighted by Gasteiger charge is 2.18. The minimum Gasteiger partial charge on any atom is -0.366 e. The normalized spacial score (nSPS) is 10.5. The number of carbonyl (C=O) groups excluding carboxylic acids is 2. The van der Waals surface area contributed by atoms with E-state index in [2.05, 4.69) is 0 Å². The number of hydrogen-bond acceptors (Lipinski definition) is 2. The van der Waals surface area contributed by atoms with E-state index in [0.29, 0.717) is 23.1 Å². The quantitative estimate of drug-likeness (QED) is 0.741. The van der Waals surface area contributed by atoms with Crippen LogP contribution in [0, 0.1) is 5.82 Å². The van der Waals surface area contributed by atoms with Crippen LogP contribution in [0.3, 0.4) is 0 Å². The SMILES string of the molecule is NC(=O)c1cccc(C(N)=O)c1-c1ccc(F)c(Cc2ccccc2)c1. The summed E-state index contributed by atoms with van der Waals surface area (Å²) >= 11 is 0.